The van der Waals surface area contributed by atoms with Gasteiger partial charge in [0.15, 0.2) is 0 Å². The maximum absolute atomic E-state index is 4.61. The lowest BCUT2D eigenvalue weighted by Gasteiger charge is -2.10. The van der Waals surface area contributed by atoms with Crippen LogP contribution in [0.2, 0.25) is 0 Å². The Balaban J connectivity index is 1.31. The number of aromatic amines is 1. The Morgan fingerprint density at radius 1 is 1.19 bits per heavy atom. The number of rotatable bonds is 5. The molecule has 0 radical (unpaired) electrons. The lowest BCUT2D eigenvalue weighted by atomic mass is 10.1. The predicted octanol–water partition coefficient (Wildman–Crippen LogP) is 4.04. The standard InChI is InChI=1S/C21H22N6/c1-13-9-20(26-19-10-16(12-23-19)14-5-6-14)27-21(25-13)24-11-15-3-2-4-18-17(15)7-8-22-18/h2-4,7-10,14,22H,5-6,11-12H2,1H3,(H2,23,24,25,26,27). The molecule has 6 heteroatoms. The zero-order chi connectivity index (χ0) is 18.2. The SMILES string of the molecule is Cc1cc(NC2=NCC(C3CC3)=C2)nc(NCc2cccc3[nH]ccc23)n1. The summed E-state index contributed by atoms with van der Waals surface area (Å²) in [4.78, 5) is 17.0. The molecule has 1 saturated carbocycles. The van der Waals surface area contributed by atoms with Crippen LogP contribution in [0.5, 0.6) is 0 Å². The second-order valence-corrected chi connectivity index (χ2v) is 7.25. The summed E-state index contributed by atoms with van der Waals surface area (Å²) in [7, 11) is 0. The van der Waals surface area contributed by atoms with Gasteiger partial charge in [-0.3, -0.25) is 4.99 Å². The molecule has 136 valence electrons. The fourth-order valence-corrected chi connectivity index (χ4v) is 3.54. The van der Waals surface area contributed by atoms with E-state index in [4.69, 9.17) is 0 Å². The molecule has 5 rings (SSSR count). The molecule has 3 aromatic rings. The van der Waals surface area contributed by atoms with E-state index in [0.717, 1.165) is 35.3 Å². The number of aromatic nitrogens is 3. The first-order chi connectivity index (χ1) is 13.2. The van der Waals surface area contributed by atoms with Gasteiger partial charge in [-0.25, -0.2) is 4.98 Å². The molecule has 1 aliphatic heterocycles. The van der Waals surface area contributed by atoms with Crippen molar-refractivity contribution in [3.63, 3.8) is 0 Å². The topological polar surface area (TPSA) is 78.0 Å². The van der Waals surface area contributed by atoms with E-state index in [-0.39, 0.29) is 0 Å². The highest BCUT2D eigenvalue weighted by molar-refractivity contribution is 6.05. The van der Waals surface area contributed by atoms with Gasteiger partial charge in [0.05, 0.1) is 6.54 Å². The highest BCUT2D eigenvalue weighted by Gasteiger charge is 2.27. The second kappa shape index (κ2) is 6.54. The molecule has 0 saturated heterocycles. The smallest absolute Gasteiger partial charge is 0.225 e. The number of benzene rings is 1. The molecule has 0 spiro atoms. The van der Waals surface area contributed by atoms with Crippen LogP contribution < -0.4 is 10.6 Å². The first kappa shape index (κ1) is 16.1. The Labute approximate surface area is 157 Å². The molecular weight excluding hydrogens is 336 g/mol. The van der Waals surface area contributed by atoms with Crippen molar-refractivity contribution in [2.75, 3.05) is 17.2 Å². The molecule has 1 aromatic carbocycles. The van der Waals surface area contributed by atoms with Crippen LogP contribution in [0.15, 0.2) is 53.2 Å². The fourth-order valence-electron chi connectivity index (χ4n) is 3.54. The van der Waals surface area contributed by atoms with Crippen LogP contribution in [0, 0.1) is 12.8 Å². The minimum atomic E-state index is 0.620. The monoisotopic (exact) mass is 358 g/mol. The molecule has 1 aliphatic carbocycles. The Kier molecular flexibility index (Phi) is 3.89. The molecular formula is C21H22N6. The highest BCUT2D eigenvalue weighted by Crippen LogP contribution is 2.37. The number of fused-ring (bicyclic) bond motifs is 1. The number of aliphatic imine (C=N–C) groups is 1. The van der Waals surface area contributed by atoms with Gasteiger partial charge in [-0.05, 0) is 55.0 Å². The van der Waals surface area contributed by atoms with Crippen LogP contribution in [0.3, 0.4) is 0 Å². The molecule has 0 bridgehead atoms. The van der Waals surface area contributed by atoms with Gasteiger partial charge in [0.2, 0.25) is 5.95 Å². The fraction of sp³-hybridized carbons (Fsp3) is 0.286. The van der Waals surface area contributed by atoms with Gasteiger partial charge in [0.25, 0.3) is 0 Å². The normalized spacial score (nSPS) is 16.3. The number of amidine groups is 1. The van der Waals surface area contributed by atoms with Gasteiger partial charge in [0.1, 0.15) is 11.7 Å². The van der Waals surface area contributed by atoms with Crippen molar-refractivity contribution in [2.24, 2.45) is 10.9 Å². The van der Waals surface area contributed by atoms with Crippen molar-refractivity contribution in [1.82, 2.24) is 15.0 Å². The third kappa shape index (κ3) is 3.43. The summed E-state index contributed by atoms with van der Waals surface area (Å²) in [5, 5.41) is 7.91. The molecule has 2 aromatic heterocycles. The van der Waals surface area contributed by atoms with Crippen molar-refractivity contribution in [3.8, 4) is 0 Å². The average Bonchev–Trinajstić information content (AvgIpc) is 3.20. The maximum atomic E-state index is 4.61. The number of H-pyrrole nitrogens is 1. The average molecular weight is 358 g/mol. The van der Waals surface area contributed by atoms with Crippen LogP contribution in [0.1, 0.15) is 24.1 Å². The van der Waals surface area contributed by atoms with Gasteiger partial charge >= 0.3 is 0 Å². The molecule has 2 aliphatic rings. The first-order valence-electron chi connectivity index (χ1n) is 9.41. The van der Waals surface area contributed by atoms with E-state index in [2.05, 4.69) is 60.9 Å². The van der Waals surface area contributed by atoms with Crippen LogP contribution in [0.25, 0.3) is 10.9 Å². The van der Waals surface area contributed by atoms with E-state index < -0.39 is 0 Å². The number of hydrogen-bond acceptors (Lipinski definition) is 5. The molecule has 6 nitrogen and oxygen atoms in total. The van der Waals surface area contributed by atoms with Crippen LogP contribution in [0.4, 0.5) is 11.8 Å². The van der Waals surface area contributed by atoms with Gasteiger partial charge in [0, 0.05) is 35.4 Å². The summed E-state index contributed by atoms with van der Waals surface area (Å²) >= 11 is 0. The Morgan fingerprint density at radius 2 is 2.11 bits per heavy atom. The number of aryl methyl sites for hydroxylation is 1. The second-order valence-electron chi connectivity index (χ2n) is 7.25. The maximum Gasteiger partial charge on any atom is 0.225 e. The van der Waals surface area contributed by atoms with E-state index in [9.17, 15) is 0 Å². The molecule has 27 heavy (non-hydrogen) atoms. The van der Waals surface area contributed by atoms with Crippen LogP contribution in [-0.4, -0.2) is 27.3 Å². The van der Waals surface area contributed by atoms with E-state index in [1.54, 1.807) is 0 Å². The Bertz CT molecular complexity index is 1060. The lowest BCUT2D eigenvalue weighted by Crippen LogP contribution is -2.11. The van der Waals surface area contributed by atoms with Crippen molar-refractivity contribution in [1.29, 1.82) is 0 Å². The predicted molar refractivity (Wildman–Crippen MR) is 109 cm³/mol. The van der Waals surface area contributed by atoms with Crippen molar-refractivity contribution >= 4 is 28.5 Å². The number of hydrogen-bond donors (Lipinski definition) is 3. The van der Waals surface area contributed by atoms with E-state index >= 15 is 0 Å². The molecule has 1 fully saturated rings. The van der Waals surface area contributed by atoms with E-state index in [1.165, 1.54) is 29.4 Å². The molecule has 0 unspecified atom stereocenters. The Hall–Kier alpha value is -3.15. The van der Waals surface area contributed by atoms with Gasteiger partial charge in [-0.2, -0.15) is 4.98 Å². The summed E-state index contributed by atoms with van der Waals surface area (Å²) in [6, 6.07) is 10.3. The van der Waals surface area contributed by atoms with Crippen molar-refractivity contribution in [2.45, 2.75) is 26.3 Å². The highest BCUT2D eigenvalue weighted by atomic mass is 15.2. The van der Waals surface area contributed by atoms with Gasteiger partial charge < -0.3 is 15.6 Å². The molecule has 0 atom stereocenters. The van der Waals surface area contributed by atoms with Crippen molar-refractivity contribution < 1.29 is 0 Å². The Morgan fingerprint density at radius 3 is 3.00 bits per heavy atom. The number of nitrogens with one attached hydrogen (secondary N) is 3. The van der Waals surface area contributed by atoms with Gasteiger partial charge in [-0.15, -0.1) is 0 Å². The summed E-state index contributed by atoms with van der Waals surface area (Å²) in [6.45, 7) is 3.47. The van der Waals surface area contributed by atoms with E-state index in [1.807, 2.05) is 19.2 Å². The molecule has 3 heterocycles. The quantitative estimate of drug-likeness (QED) is 0.643. The lowest BCUT2D eigenvalue weighted by molar-refractivity contribution is 0.959. The number of anilines is 2. The zero-order valence-electron chi connectivity index (χ0n) is 15.3. The van der Waals surface area contributed by atoms with Crippen LogP contribution >= 0.6 is 0 Å². The minimum Gasteiger partial charge on any atom is -0.361 e. The third-order valence-electron chi connectivity index (χ3n) is 5.09. The minimum absolute atomic E-state index is 0.620. The molecule has 0 amide bonds. The van der Waals surface area contributed by atoms with Crippen LogP contribution in [-0.2, 0) is 6.54 Å². The first-order valence-corrected chi connectivity index (χ1v) is 9.41. The zero-order valence-corrected chi connectivity index (χ0v) is 15.3. The third-order valence-corrected chi connectivity index (χ3v) is 5.09. The van der Waals surface area contributed by atoms with E-state index in [0.29, 0.717) is 12.5 Å². The van der Waals surface area contributed by atoms with Gasteiger partial charge in [-0.1, -0.05) is 12.1 Å². The summed E-state index contributed by atoms with van der Waals surface area (Å²) in [5.74, 6) is 3.05. The largest absolute Gasteiger partial charge is 0.361 e. The summed E-state index contributed by atoms with van der Waals surface area (Å²) < 4.78 is 0. The molecule has 3 N–H and O–H groups in total. The number of nitrogens with zero attached hydrogens (tertiary/aromatic N) is 3. The van der Waals surface area contributed by atoms with Crippen molar-refractivity contribution in [3.05, 3.63) is 59.4 Å². The summed E-state index contributed by atoms with van der Waals surface area (Å²) in [6.07, 6.45) is 6.76. The summed E-state index contributed by atoms with van der Waals surface area (Å²) in [5.41, 5.74) is 4.71.